The number of hydrogen-bond acceptors (Lipinski definition) is 11. The molecule has 5 heterocycles. The van der Waals surface area contributed by atoms with Crippen molar-refractivity contribution in [3.8, 4) is 11.3 Å². The van der Waals surface area contributed by atoms with Crippen molar-refractivity contribution in [2.24, 2.45) is 7.05 Å². The number of aryl methyl sites for hydroxylation is 2. The summed E-state index contributed by atoms with van der Waals surface area (Å²) in [4.78, 5) is 40.6. The highest BCUT2D eigenvalue weighted by Crippen LogP contribution is 2.33. The second-order valence-corrected chi connectivity index (χ2v) is 9.88. The maximum atomic E-state index is 12.8. The van der Waals surface area contributed by atoms with Crippen molar-refractivity contribution in [2.75, 3.05) is 55.9 Å². The van der Waals surface area contributed by atoms with Crippen molar-refractivity contribution < 1.29 is 9.53 Å². The summed E-state index contributed by atoms with van der Waals surface area (Å²) in [7, 11) is 4.96. The van der Waals surface area contributed by atoms with Crippen LogP contribution in [-0.2, 0) is 11.8 Å². The lowest BCUT2D eigenvalue weighted by atomic mass is 10.1. The van der Waals surface area contributed by atoms with Crippen LogP contribution < -0.4 is 15.5 Å². The van der Waals surface area contributed by atoms with E-state index >= 15 is 0 Å². The first kappa shape index (κ1) is 26.3. The zero-order valence-corrected chi connectivity index (χ0v) is 23.2. The molecule has 204 valence electrons. The minimum absolute atomic E-state index is 0.0472. The maximum absolute atomic E-state index is 12.8. The number of methoxy groups -OCH3 is 1. The van der Waals surface area contributed by atoms with Crippen LogP contribution in [0.3, 0.4) is 0 Å². The molecule has 12 heteroatoms. The topological polar surface area (TPSA) is 126 Å². The standard InChI is InChI=1S/C27H34N10O2/c1-16(2)36-7-9-37(10-8-36)26-17(3)11-18(12-30-26)32-25-23(27(38)39-6)33-22(24(28-4)34-25)19-13-29-14-20-21(19)31-15-35(20)5/h11-16H,7-10H2,1-6H3,(H2,28,32,34). The molecular weight excluding hydrogens is 496 g/mol. The molecule has 0 atom stereocenters. The lowest BCUT2D eigenvalue weighted by Gasteiger charge is -2.38. The summed E-state index contributed by atoms with van der Waals surface area (Å²) in [5.74, 6) is 1.08. The molecule has 0 amide bonds. The highest BCUT2D eigenvalue weighted by atomic mass is 16.5. The number of pyridine rings is 2. The fraction of sp³-hybridized carbons (Fsp3) is 0.407. The average Bonchev–Trinajstić information content (AvgIpc) is 3.33. The highest BCUT2D eigenvalue weighted by Gasteiger charge is 2.24. The molecule has 0 radical (unpaired) electrons. The number of carbonyl (C=O) groups excluding carboxylic acids is 1. The number of carbonyl (C=O) groups is 1. The summed E-state index contributed by atoms with van der Waals surface area (Å²) in [5.41, 5.74) is 4.42. The van der Waals surface area contributed by atoms with Gasteiger partial charge in [0.2, 0.25) is 0 Å². The van der Waals surface area contributed by atoms with Gasteiger partial charge in [0.15, 0.2) is 17.3 Å². The van der Waals surface area contributed by atoms with E-state index in [2.05, 4.69) is 44.2 Å². The second-order valence-electron chi connectivity index (χ2n) is 9.88. The number of imidazole rings is 1. The number of rotatable bonds is 7. The van der Waals surface area contributed by atoms with Crippen LogP contribution >= 0.6 is 0 Å². The highest BCUT2D eigenvalue weighted by molar-refractivity contribution is 5.98. The Morgan fingerprint density at radius 1 is 1.05 bits per heavy atom. The Labute approximate surface area is 227 Å². The molecule has 4 aromatic heterocycles. The number of esters is 1. The number of hydrogen-bond donors (Lipinski definition) is 2. The van der Waals surface area contributed by atoms with Crippen LogP contribution in [-0.4, -0.2) is 86.7 Å². The van der Waals surface area contributed by atoms with Gasteiger partial charge in [-0.2, -0.15) is 0 Å². The van der Waals surface area contributed by atoms with E-state index in [-0.39, 0.29) is 11.5 Å². The molecule has 1 saturated heterocycles. The van der Waals surface area contributed by atoms with Gasteiger partial charge in [-0.1, -0.05) is 0 Å². The van der Waals surface area contributed by atoms with Crippen LogP contribution in [0.2, 0.25) is 0 Å². The summed E-state index contributed by atoms with van der Waals surface area (Å²) >= 11 is 0. The molecule has 12 nitrogen and oxygen atoms in total. The van der Waals surface area contributed by atoms with E-state index in [1.54, 1.807) is 32.0 Å². The Balaban J connectivity index is 1.48. The van der Waals surface area contributed by atoms with Crippen molar-refractivity contribution in [3.05, 3.63) is 42.2 Å². The number of nitrogens with one attached hydrogen (secondary N) is 2. The third-order valence-electron chi connectivity index (χ3n) is 7.06. The Bertz CT molecular complexity index is 1510. The molecule has 1 aliphatic heterocycles. The molecule has 1 fully saturated rings. The van der Waals surface area contributed by atoms with E-state index in [9.17, 15) is 4.79 Å². The van der Waals surface area contributed by atoms with Gasteiger partial charge in [-0.15, -0.1) is 0 Å². The number of nitrogens with zero attached hydrogens (tertiary/aromatic N) is 8. The molecule has 39 heavy (non-hydrogen) atoms. The van der Waals surface area contributed by atoms with Gasteiger partial charge < -0.3 is 24.8 Å². The molecular formula is C27H34N10O2. The molecule has 0 aliphatic carbocycles. The zero-order chi connectivity index (χ0) is 27.7. The van der Waals surface area contributed by atoms with Gasteiger partial charge in [-0.05, 0) is 32.4 Å². The average molecular weight is 531 g/mol. The largest absolute Gasteiger partial charge is 0.464 e. The monoisotopic (exact) mass is 530 g/mol. The zero-order valence-electron chi connectivity index (χ0n) is 23.2. The first-order chi connectivity index (χ1) is 18.8. The van der Waals surface area contributed by atoms with Crippen molar-refractivity contribution in [2.45, 2.75) is 26.8 Å². The van der Waals surface area contributed by atoms with Crippen molar-refractivity contribution in [1.82, 2.24) is 34.4 Å². The Kier molecular flexibility index (Phi) is 7.29. The lowest BCUT2D eigenvalue weighted by Crippen LogP contribution is -2.49. The molecule has 0 spiro atoms. The minimum Gasteiger partial charge on any atom is -0.464 e. The van der Waals surface area contributed by atoms with Crippen molar-refractivity contribution in [1.29, 1.82) is 0 Å². The first-order valence-corrected chi connectivity index (χ1v) is 13.0. The summed E-state index contributed by atoms with van der Waals surface area (Å²) in [6, 6.07) is 2.55. The van der Waals surface area contributed by atoms with E-state index in [4.69, 9.17) is 19.7 Å². The first-order valence-electron chi connectivity index (χ1n) is 13.0. The van der Waals surface area contributed by atoms with Gasteiger partial charge in [0.1, 0.15) is 17.0 Å². The van der Waals surface area contributed by atoms with Crippen LogP contribution in [0, 0.1) is 6.92 Å². The molecule has 1 aliphatic rings. The number of fused-ring (bicyclic) bond motifs is 1. The van der Waals surface area contributed by atoms with Gasteiger partial charge >= 0.3 is 5.97 Å². The molecule has 5 rings (SSSR count). The van der Waals surface area contributed by atoms with Gasteiger partial charge in [0.05, 0.1) is 42.6 Å². The minimum atomic E-state index is -0.612. The van der Waals surface area contributed by atoms with Crippen LogP contribution in [0.4, 0.5) is 23.1 Å². The SMILES string of the molecule is CNc1nc(Nc2cnc(N3CCN(C(C)C)CC3)c(C)c2)c(C(=O)OC)nc1-c1cncc2c1ncn2C. The molecule has 4 aromatic rings. The molecule has 0 bridgehead atoms. The summed E-state index contributed by atoms with van der Waals surface area (Å²) in [5, 5.41) is 6.33. The summed E-state index contributed by atoms with van der Waals surface area (Å²) in [6.07, 6.45) is 6.87. The van der Waals surface area contributed by atoms with Crippen molar-refractivity contribution >= 4 is 40.1 Å². The third kappa shape index (κ3) is 5.07. The van der Waals surface area contributed by atoms with E-state index in [0.29, 0.717) is 34.3 Å². The Morgan fingerprint density at radius 2 is 1.82 bits per heavy atom. The lowest BCUT2D eigenvalue weighted by molar-refractivity contribution is 0.0595. The van der Waals surface area contributed by atoms with E-state index < -0.39 is 5.97 Å². The number of piperazine rings is 1. The van der Waals surface area contributed by atoms with Crippen LogP contribution in [0.1, 0.15) is 29.9 Å². The molecule has 0 saturated carbocycles. The maximum Gasteiger partial charge on any atom is 0.360 e. The predicted octanol–water partition coefficient (Wildman–Crippen LogP) is 3.23. The normalized spacial score (nSPS) is 14.2. The van der Waals surface area contributed by atoms with Crippen LogP contribution in [0.5, 0.6) is 0 Å². The molecule has 0 aromatic carbocycles. The Hall–Kier alpha value is -4.32. The summed E-state index contributed by atoms with van der Waals surface area (Å²) in [6.45, 7) is 10.4. The van der Waals surface area contributed by atoms with Crippen LogP contribution in [0.25, 0.3) is 22.3 Å². The van der Waals surface area contributed by atoms with Gasteiger partial charge in [0, 0.05) is 52.5 Å². The van der Waals surface area contributed by atoms with Gasteiger partial charge in [-0.25, -0.2) is 24.7 Å². The second kappa shape index (κ2) is 10.8. The van der Waals surface area contributed by atoms with E-state index in [1.807, 2.05) is 24.6 Å². The number of anilines is 4. The molecule has 0 unspecified atom stereocenters. The fourth-order valence-electron chi connectivity index (χ4n) is 4.89. The van der Waals surface area contributed by atoms with E-state index in [0.717, 1.165) is 43.1 Å². The van der Waals surface area contributed by atoms with Gasteiger partial charge in [0.25, 0.3) is 0 Å². The quantitative estimate of drug-likeness (QED) is 0.342. The smallest absolute Gasteiger partial charge is 0.360 e. The fourth-order valence-corrected chi connectivity index (χ4v) is 4.89. The number of ether oxygens (including phenoxy) is 1. The molecule has 2 N–H and O–H groups in total. The van der Waals surface area contributed by atoms with E-state index in [1.165, 1.54) is 7.11 Å². The summed E-state index contributed by atoms with van der Waals surface area (Å²) < 4.78 is 6.93. The van der Waals surface area contributed by atoms with Crippen LogP contribution in [0.15, 0.2) is 31.0 Å². The van der Waals surface area contributed by atoms with Crippen molar-refractivity contribution in [3.63, 3.8) is 0 Å². The van der Waals surface area contributed by atoms with Gasteiger partial charge in [-0.3, -0.25) is 9.88 Å². The predicted molar refractivity (Wildman–Crippen MR) is 152 cm³/mol. The third-order valence-corrected chi connectivity index (χ3v) is 7.06. The number of aromatic nitrogens is 6. The Morgan fingerprint density at radius 3 is 2.49 bits per heavy atom.